The molecule has 1 saturated heterocycles. The molecule has 4 rings (SSSR count). The van der Waals surface area contributed by atoms with E-state index in [1.54, 1.807) is 13.2 Å². The van der Waals surface area contributed by atoms with Crippen molar-refractivity contribution in [2.45, 2.75) is 18.9 Å². The van der Waals surface area contributed by atoms with E-state index in [4.69, 9.17) is 25.8 Å². The van der Waals surface area contributed by atoms with Crippen LogP contribution in [0.5, 0.6) is 11.5 Å². The van der Waals surface area contributed by atoms with Gasteiger partial charge in [-0.1, -0.05) is 11.6 Å². The fraction of sp³-hybridized carbons (Fsp3) is 0.364. The number of fused-ring (bicyclic) bond motifs is 1. The minimum absolute atomic E-state index is 0.0342. The Bertz CT molecular complexity index is 1050. The van der Waals surface area contributed by atoms with Gasteiger partial charge in [0.2, 0.25) is 0 Å². The van der Waals surface area contributed by atoms with Gasteiger partial charge in [-0.25, -0.2) is 14.4 Å². The summed E-state index contributed by atoms with van der Waals surface area (Å²) in [5.41, 5.74) is 1.31. The molecule has 2 aromatic carbocycles. The molecule has 0 radical (unpaired) electrons. The molecule has 1 fully saturated rings. The van der Waals surface area contributed by atoms with Gasteiger partial charge in [0.1, 0.15) is 18.0 Å². The summed E-state index contributed by atoms with van der Waals surface area (Å²) in [5, 5.41) is 7.39. The summed E-state index contributed by atoms with van der Waals surface area (Å²) in [6.45, 7) is 2.94. The van der Waals surface area contributed by atoms with Gasteiger partial charge in [-0.15, -0.1) is 0 Å². The molecule has 1 unspecified atom stereocenters. The van der Waals surface area contributed by atoms with Crippen molar-refractivity contribution in [1.82, 2.24) is 15.3 Å². The number of aromatic nitrogens is 2. The maximum absolute atomic E-state index is 13.5. The van der Waals surface area contributed by atoms with Crippen molar-refractivity contribution in [2.24, 2.45) is 0 Å². The first-order chi connectivity index (χ1) is 15.1. The third-order valence-electron chi connectivity index (χ3n) is 5.06. The van der Waals surface area contributed by atoms with Crippen molar-refractivity contribution < 1.29 is 18.6 Å². The Balaban J connectivity index is 1.51. The van der Waals surface area contributed by atoms with Gasteiger partial charge in [-0.05, 0) is 37.1 Å². The SMILES string of the molecule is COc1cc2ncnc(Nc3ccc(F)c(Cl)c3)c2cc1OCCCC1COCCN1. The lowest BCUT2D eigenvalue weighted by molar-refractivity contribution is 0.0721. The molecule has 2 N–H and O–H groups in total. The zero-order valence-electron chi connectivity index (χ0n) is 17.2. The monoisotopic (exact) mass is 446 g/mol. The number of halogens is 2. The summed E-state index contributed by atoms with van der Waals surface area (Å²) in [4.78, 5) is 8.66. The zero-order chi connectivity index (χ0) is 21.6. The largest absolute Gasteiger partial charge is 0.493 e. The first kappa shape index (κ1) is 21.5. The Morgan fingerprint density at radius 3 is 2.94 bits per heavy atom. The van der Waals surface area contributed by atoms with E-state index in [1.165, 1.54) is 18.5 Å². The summed E-state index contributed by atoms with van der Waals surface area (Å²) in [7, 11) is 1.60. The Kier molecular flexibility index (Phi) is 7.01. The van der Waals surface area contributed by atoms with Crippen molar-refractivity contribution in [3.05, 3.63) is 47.5 Å². The number of nitrogens with one attached hydrogen (secondary N) is 2. The second-order valence-electron chi connectivity index (χ2n) is 7.21. The summed E-state index contributed by atoms with van der Waals surface area (Å²) >= 11 is 5.89. The van der Waals surface area contributed by atoms with E-state index in [2.05, 4.69) is 20.6 Å². The highest BCUT2D eigenvalue weighted by molar-refractivity contribution is 6.31. The van der Waals surface area contributed by atoms with E-state index in [9.17, 15) is 4.39 Å². The highest BCUT2D eigenvalue weighted by Gasteiger charge is 2.14. The van der Waals surface area contributed by atoms with Crippen LogP contribution >= 0.6 is 11.6 Å². The number of anilines is 2. The maximum Gasteiger partial charge on any atom is 0.162 e. The average molecular weight is 447 g/mol. The smallest absolute Gasteiger partial charge is 0.162 e. The molecule has 0 spiro atoms. The summed E-state index contributed by atoms with van der Waals surface area (Å²) in [6.07, 6.45) is 3.30. The van der Waals surface area contributed by atoms with Crippen LogP contribution in [-0.4, -0.2) is 49.5 Å². The maximum atomic E-state index is 13.5. The van der Waals surface area contributed by atoms with Gasteiger partial charge < -0.3 is 24.8 Å². The molecule has 0 amide bonds. The third-order valence-corrected chi connectivity index (χ3v) is 5.35. The number of methoxy groups -OCH3 is 1. The molecule has 0 saturated carbocycles. The van der Waals surface area contributed by atoms with E-state index >= 15 is 0 Å². The number of hydrogen-bond donors (Lipinski definition) is 2. The number of nitrogens with zero attached hydrogens (tertiary/aromatic N) is 2. The molecular weight excluding hydrogens is 423 g/mol. The van der Waals surface area contributed by atoms with Crippen molar-refractivity contribution >= 4 is 34.0 Å². The van der Waals surface area contributed by atoms with Gasteiger partial charge >= 0.3 is 0 Å². The number of rotatable bonds is 8. The molecule has 1 aromatic heterocycles. The number of ether oxygens (including phenoxy) is 3. The van der Waals surface area contributed by atoms with E-state index < -0.39 is 5.82 Å². The van der Waals surface area contributed by atoms with Gasteiger partial charge in [-0.3, -0.25) is 0 Å². The Morgan fingerprint density at radius 1 is 1.26 bits per heavy atom. The molecule has 164 valence electrons. The Labute approximate surface area is 184 Å². The molecule has 1 aliphatic rings. The van der Waals surface area contributed by atoms with Gasteiger partial charge in [0.15, 0.2) is 11.5 Å². The van der Waals surface area contributed by atoms with E-state index in [0.29, 0.717) is 41.2 Å². The molecule has 2 heterocycles. The van der Waals surface area contributed by atoms with Crippen molar-refractivity contribution in [3.8, 4) is 11.5 Å². The standard InChI is InChI=1S/C22H24ClFN4O3/c1-29-20-11-19-16(10-21(20)31-7-2-3-15-12-30-8-6-25-15)22(27-13-26-19)28-14-4-5-18(24)17(23)9-14/h4-5,9-11,13,15,25H,2-3,6-8,12H2,1H3,(H,26,27,28). The van der Waals surface area contributed by atoms with Crippen LogP contribution in [0.15, 0.2) is 36.7 Å². The Hall–Kier alpha value is -2.68. The minimum atomic E-state index is -0.477. The zero-order valence-corrected chi connectivity index (χ0v) is 17.9. The number of hydrogen-bond acceptors (Lipinski definition) is 7. The van der Waals surface area contributed by atoms with E-state index in [-0.39, 0.29) is 5.02 Å². The minimum Gasteiger partial charge on any atom is -0.493 e. The summed E-state index contributed by atoms with van der Waals surface area (Å²) in [6, 6.07) is 8.43. The quantitative estimate of drug-likeness (QED) is 0.499. The van der Waals surface area contributed by atoms with Crippen molar-refractivity contribution in [1.29, 1.82) is 0 Å². The van der Waals surface area contributed by atoms with Crippen LogP contribution in [0.25, 0.3) is 10.9 Å². The van der Waals surface area contributed by atoms with Gasteiger partial charge in [0.25, 0.3) is 0 Å². The lowest BCUT2D eigenvalue weighted by atomic mass is 10.1. The first-order valence-corrected chi connectivity index (χ1v) is 10.5. The van der Waals surface area contributed by atoms with Crippen molar-refractivity contribution in [3.63, 3.8) is 0 Å². The second kappa shape index (κ2) is 10.1. The fourth-order valence-corrected chi connectivity index (χ4v) is 3.64. The first-order valence-electron chi connectivity index (χ1n) is 10.1. The predicted octanol–water partition coefficient (Wildman–Crippen LogP) is 4.32. The Morgan fingerprint density at radius 2 is 2.16 bits per heavy atom. The van der Waals surface area contributed by atoms with Crippen molar-refractivity contribution in [2.75, 3.05) is 38.8 Å². The number of morpholine rings is 1. The number of benzene rings is 2. The topological polar surface area (TPSA) is 77.5 Å². The molecule has 9 heteroatoms. The van der Waals surface area contributed by atoms with E-state index in [1.807, 2.05) is 12.1 Å². The summed E-state index contributed by atoms with van der Waals surface area (Å²) in [5.74, 6) is 1.29. The molecule has 0 bridgehead atoms. The molecular formula is C22H24ClFN4O3. The van der Waals surface area contributed by atoms with E-state index in [0.717, 1.165) is 38.0 Å². The van der Waals surface area contributed by atoms with Crippen LogP contribution in [0.3, 0.4) is 0 Å². The third kappa shape index (κ3) is 5.33. The van der Waals surface area contributed by atoms with Crippen LogP contribution in [0.4, 0.5) is 15.9 Å². The van der Waals surface area contributed by atoms with Crippen LogP contribution < -0.4 is 20.1 Å². The summed E-state index contributed by atoms with van der Waals surface area (Å²) < 4.78 is 30.5. The fourth-order valence-electron chi connectivity index (χ4n) is 3.46. The average Bonchev–Trinajstić information content (AvgIpc) is 2.79. The second-order valence-corrected chi connectivity index (χ2v) is 7.62. The molecule has 1 aliphatic heterocycles. The normalized spacial score (nSPS) is 16.3. The molecule has 7 nitrogen and oxygen atoms in total. The lowest BCUT2D eigenvalue weighted by Gasteiger charge is -2.23. The highest BCUT2D eigenvalue weighted by atomic mass is 35.5. The molecule has 0 aliphatic carbocycles. The van der Waals surface area contributed by atoms with Crippen LogP contribution in [0.2, 0.25) is 5.02 Å². The predicted molar refractivity (Wildman–Crippen MR) is 118 cm³/mol. The lowest BCUT2D eigenvalue weighted by Crippen LogP contribution is -2.41. The van der Waals surface area contributed by atoms with Gasteiger partial charge in [0.05, 0.1) is 37.5 Å². The molecule has 3 aromatic rings. The van der Waals surface area contributed by atoms with Gasteiger partial charge in [-0.2, -0.15) is 0 Å². The molecule has 1 atom stereocenters. The van der Waals surface area contributed by atoms with Crippen LogP contribution in [0, 0.1) is 5.82 Å². The van der Waals surface area contributed by atoms with Gasteiger partial charge in [0, 0.05) is 29.7 Å². The molecule has 31 heavy (non-hydrogen) atoms. The van der Waals surface area contributed by atoms with Crippen LogP contribution in [0.1, 0.15) is 12.8 Å². The highest BCUT2D eigenvalue weighted by Crippen LogP contribution is 2.35. The van der Waals surface area contributed by atoms with Crippen LogP contribution in [-0.2, 0) is 4.74 Å².